The minimum Gasteiger partial charge on any atom is -0.510 e. The van der Waals surface area contributed by atoms with Crippen LogP contribution in [0.4, 0.5) is 0 Å². The van der Waals surface area contributed by atoms with E-state index in [1.807, 2.05) is 6.92 Å². The molecule has 0 aromatic carbocycles. The van der Waals surface area contributed by atoms with E-state index in [1.165, 1.54) is 16.7 Å². The summed E-state index contributed by atoms with van der Waals surface area (Å²) in [4.78, 5) is 23.2. The zero-order valence-electron chi connectivity index (χ0n) is 22.3. The van der Waals surface area contributed by atoms with Crippen molar-refractivity contribution in [3.8, 4) is 0 Å². The first-order chi connectivity index (χ1) is 17.5. The fraction of sp³-hybridized carbons (Fsp3) is 0.367. The summed E-state index contributed by atoms with van der Waals surface area (Å²) in [5.74, 6) is -1.88. The van der Waals surface area contributed by atoms with Crippen LogP contribution in [0.15, 0.2) is 5.70 Å². The number of aromatic amines is 3. The number of aliphatic carboxylic acids is 1. The molecule has 0 saturated carbocycles. The van der Waals surface area contributed by atoms with Crippen LogP contribution in [0.3, 0.4) is 0 Å². The molecule has 37 heavy (non-hydrogen) atoms. The first-order valence-electron chi connectivity index (χ1n) is 12.9. The van der Waals surface area contributed by atoms with Gasteiger partial charge in [-0.25, -0.2) is 0 Å². The number of H-pyrrole nitrogens is 3. The maximum Gasteiger partial charge on any atom is 0.318 e. The largest absolute Gasteiger partial charge is 0.510 e. The highest BCUT2D eigenvalue weighted by Crippen LogP contribution is 2.39. The molecule has 3 aromatic rings. The Morgan fingerprint density at radius 1 is 0.784 bits per heavy atom. The Kier molecular flexibility index (Phi) is 4.97. The number of rotatable bonds is 1. The van der Waals surface area contributed by atoms with Gasteiger partial charge in [0, 0.05) is 44.6 Å². The Hall–Kier alpha value is -3.87. The van der Waals surface area contributed by atoms with E-state index < -0.39 is 11.9 Å². The van der Waals surface area contributed by atoms with Crippen molar-refractivity contribution in [1.29, 1.82) is 0 Å². The van der Waals surface area contributed by atoms with Crippen molar-refractivity contribution >= 4 is 35.5 Å². The van der Waals surface area contributed by atoms with Crippen LogP contribution < -0.4 is 26.6 Å². The number of aliphatic hydroxyl groups excluding tert-OH is 1. The Morgan fingerprint density at radius 2 is 1.35 bits per heavy atom. The van der Waals surface area contributed by atoms with Gasteiger partial charge in [0.05, 0.1) is 11.4 Å². The number of hydrogen-bond acceptors (Lipinski definition) is 3. The summed E-state index contributed by atoms with van der Waals surface area (Å²) in [6.45, 7) is 14.8. The van der Waals surface area contributed by atoms with Gasteiger partial charge in [-0.15, -0.1) is 0 Å². The molecular formula is C30H34N4O3. The lowest BCUT2D eigenvalue weighted by atomic mass is 9.84. The number of carboxylic acid groups (broad SMARTS) is 1. The van der Waals surface area contributed by atoms with E-state index in [1.54, 1.807) is 0 Å². The van der Waals surface area contributed by atoms with Crippen LogP contribution in [0, 0.1) is 52.4 Å². The topological polar surface area (TPSA) is 117 Å². The average molecular weight is 499 g/mol. The molecule has 3 aromatic heterocycles. The molecule has 6 N–H and O–H groups in total. The fourth-order valence-corrected chi connectivity index (χ4v) is 6.36. The van der Waals surface area contributed by atoms with Crippen molar-refractivity contribution < 1.29 is 15.0 Å². The minimum atomic E-state index is -1.07. The zero-order valence-corrected chi connectivity index (χ0v) is 22.3. The first kappa shape index (κ1) is 23.5. The highest BCUT2D eigenvalue weighted by atomic mass is 16.4. The zero-order chi connectivity index (χ0) is 26.5. The molecule has 192 valence electrons. The summed E-state index contributed by atoms with van der Waals surface area (Å²) in [7, 11) is 0. The summed E-state index contributed by atoms with van der Waals surface area (Å²) in [6, 6.07) is -0.229. The number of aromatic nitrogens is 3. The predicted molar refractivity (Wildman–Crippen MR) is 145 cm³/mol. The summed E-state index contributed by atoms with van der Waals surface area (Å²) in [5.41, 5.74) is 10.3. The summed E-state index contributed by atoms with van der Waals surface area (Å²) >= 11 is 0. The van der Waals surface area contributed by atoms with Crippen molar-refractivity contribution in [3.63, 3.8) is 0 Å². The Labute approximate surface area is 215 Å². The van der Waals surface area contributed by atoms with E-state index in [0.717, 1.165) is 50.0 Å². The van der Waals surface area contributed by atoms with Crippen molar-refractivity contribution in [2.45, 2.75) is 54.5 Å². The van der Waals surface area contributed by atoms with E-state index >= 15 is 0 Å². The summed E-state index contributed by atoms with van der Waals surface area (Å²) in [5, 5.41) is 28.5. The van der Waals surface area contributed by atoms with Crippen LogP contribution >= 0.6 is 0 Å². The van der Waals surface area contributed by atoms with Crippen LogP contribution in [0.25, 0.3) is 29.6 Å². The molecule has 1 fully saturated rings. The van der Waals surface area contributed by atoms with E-state index in [-0.39, 0.29) is 23.6 Å². The predicted octanol–water partition coefficient (Wildman–Crippen LogP) is 2.00. The van der Waals surface area contributed by atoms with E-state index in [2.05, 4.69) is 80.0 Å². The van der Waals surface area contributed by atoms with Gasteiger partial charge in [0.25, 0.3) is 0 Å². The second-order valence-corrected chi connectivity index (χ2v) is 11.1. The molecule has 0 amide bonds. The number of carbonyl (C=O) groups is 1. The molecule has 4 atom stereocenters. The molecule has 7 nitrogen and oxygen atoms in total. The van der Waals surface area contributed by atoms with Gasteiger partial charge >= 0.3 is 5.97 Å². The number of nitrogens with one attached hydrogen (secondary N) is 4. The molecule has 2 aliphatic heterocycles. The lowest BCUT2D eigenvalue weighted by Crippen LogP contribution is -2.36. The molecule has 1 unspecified atom stereocenters. The molecule has 1 aliphatic carbocycles. The number of aliphatic hydroxyl groups is 1. The molecule has 1 saturated heterocycles. The van der Waals surface area contributed by atoms with E-state index in [0.29, 0.717) is 10.8 Å². The van der Waals surface area contributed by atoms with Gasteiger partial charge in [-0.05, 0) is 92.2 Å². The average Bonchev–Trinajstić information content (AvgIpc) is 3.56. The number of allylic oxidation sites excluding steroid dienone is 1. The highest BCUT2D eigenvalue weighted by molar-refractivity contribution is 5.94. The first-order valence-corrected chi connectivity index (χ1v) is 12.9. The lowest BCUT2D eigenvalue weighted by molar-refractivity contribution is -0.138. The molecule has 7 heteroatoms. The lowest BCUT2D eigenvalue weighted by Gasteiger charge is -2.23. The number of carboxylic acids is 1. The van der Waals surface area contributed by atoms with Crippen molar-refractivity contribution in [3.05, 3.63) is 71.9 Å². The fourth-order valence-electron chi connectivity index (χ4n) is 6.36. The summed E-state index contributed by atoms with van der Waals surface area (Å²) in [6.07, 6.45) is 6.41. The van der Waals surface area contributed by atoms with E-state index in [9.17, 15) is 15.0 Å². The quantitative estimate of drug-likeness (QED) is 0.308. The monoisotopic (exact) mass is 498 g/mol. The van der Waals surface area contributed by atoms with Gasteiger partial charge in [0.2, 0.25) is 0 Å². The standard InChI is InChI=1S/C30H34N4O3/c1-11-13(3)20-9-22-15(5)16(6)27(33-22)25-26(30(36)37)29(35)24-17(7)23(34-28(24)25)10-21-14(4)12(2)19(32-21)8-18(11)31-20/h8-10,15-16,26-27,31-35H,1-7H3,(H,36,37)/b19-8-,21-10-,22-9+/t15-,16-,26+,27?/m0/s1. The third-order valence-corrected chi connectivity index (χ3v) is 9.28. The molecular weight excluding hydrogens is 464 g/mol. The van der Waals surface area contributed by atoms with Gasteiger partial charge in [-0.2, -0.15) is 0 Å². The highest BCUT2D eigenvalue weighted by Gasteiger charge is 2.44. The molecule has 0 radical (unpaired) electrons. The number of hydrogen-bond donors (Lipinski definition) is 6. The SMILES string of the molecule is Cc1c2[nH]c(c1C)/C=C1/NC(C3=c4[nH]c(c(C)c4=C(O)[C@@H]3C(=O)O)/C=c3\[nH]/c(c(C)c3C)=C\2)[C@@H](C)[C@@H]1C. The molecule has 8 bridgehead atoms. The maximum absolute atomic E-state index is 12.5. The van der Waals surface area contributed by atoms with Gasteiger partial charge < -0.3 is 30.5 Å². The molecule has 5 heterocycles. The van der Waals surface area contributed by atoms with Crippen molar-refractivity contribution in [2.75, 3.05) is 0 Å². The van der Waals surface area contributed by atoms with Crippen LogP contribution in [0.2, 0.25) is 0 Å². The molecule has 0 spiro atoms. The normalized spacial score (nSPS) is 27.3. The smallest absolute Gasteiger partial charge is 0.318 e. The Balaban J connectivity index is 1.75. The summed E-state index contributed by atoms with van der Waals surface area (Å²) < 4.78 is 0. The minimum absolute atomic E-state index is 0.0833. The number of fused-ring (bicyclic) bond motifs is 8. The third-order valence-electron chi connectivity index (χ3n) is 9.28. The Morgan fingerprint density at radius 3 is 1.95 bits per heavy atom. The second kappa shape index (κ2) is 7.81. The van der Waals surface area contributed by atoms with E-state index in [4.69, 9.17) is 0 Å². The second-order valence-electron chi connectivity index (χ2n) is 11.1. The third kappa shape index (κ3) is 3.16. The van der Waals surface area contributed by atoms with Crippen LogP contribution in [-0.4, -0.2) is 37.2 Å². The Bertz CT molecular complexity index is 1790. The van der Waals surface area contributed by atoms with Gasteiger partial charge in [-0.1, -0.05) is 13.8 Å². The van der Waals surface area contributed by atoms with Crippen LogP contribution in [0.5, 0.6) is 0 Å². The molecule has 6 rings (SSSR count). The van der Waals surface area contributed by atoms with Crippen molar-refractivity contribution in [2.24, 2.45) is 17.8 Å². The van der Waals surface area contributed by atoms with Gasteiger partial charge in [-0.3, -0.25) is 4.79 Å². The van der Waals surface area contributed by atoms with Crippen molar-refractivity contribution in [1.82, 2.24) is 20.3 Å². The molecule has 3 aliphatic rings. The van der Waals surface area contributed by atoms with Crippen LogP contribution in [-0.2, 0) is 4.79 Å². The van der Waals surface area contributed by atoms with Gasteiger partial charge in [0.15, 0.2) is 0 Å². The van der Waals surface area contributed by atoms with Crippen LogP contribution in [0.1, 0.15) is 58.7 Å². The van der Waals surface area contributed by atoms with Gasteiger partial charge in [0.1, 0.15) is 11.7 Å². The maximum atomic E-state index is 12.5.